The topological polar surface area (TPSA) is 20.2 Å². The molecule has 1 unspecified atom stereocenters. The van der Waals surface area contributed by atoms with Crippen LogP contribution in [0.25, 0.3) is 0 Å². The van der Waals surface area contributed by atoms with E-state index < -0.39 is 6.10 Å². The molecule has 0 radical (unpaired) electrons. The van der Waals surface area contributed by atoms with Crippen molar-refractivity contribution in [3.05, 3.63) is 12.2 Å². The molecule has 0 spiro atoms. The van der Waals surface area contributed by atoms with E-state index in [1.165, 1.54) is 0 Å². The van der Waals surface area contributed by atoms with Crippen LogP contribution in [-0.2, 0) is 0 Å². The molecule has 0 aliphatic rings. The van der Waals surface area contributed by atoms with Crippen molar-refractivity contribution in [2.24, 2.45) is 0 Å². The Kier molecular flexibility index (Phi) is 4.95. The molecule has 1 atom stereocenters. The van der Waals surface area contributed by atoms with Gasteiger partial charge in [-0.2, -0.15) is 0 Å². The van der Waals surface area contributed by atoms with Gasteiger partial charge in [-0.1, -0.05) is 25.3 Å². The molecular formula is C8H12O. The Balaban J connectivity index is 3.35. The van der Waals surface area contributed by atoms with Gasteiger partial charge in [0.05, 0.1) is 0 Å². The zero-order valence-corrected chi connectivity index (χ0v) is 5.67. The summed E-state index contributed by atoms with van der Waals surface area (Å²) in [7, 11) is 0. The normalized spacial score (nSPS) is 13.4. The summed E-state index contributed by atoms with van der Waals surface area (Å²) in [6, 6.07) is 0. The zero-order chi connectivity index (χ0) is 7.11. The van der Waals surface area contributed by atoms with E-state index >= 15 is 0 Å². The second-order valence-corrected chi connectivity index (χ2v) is 1.83. The molecule has 1 heteroatoms. The molecule has 0 aromatic carbocycles. The Morgan fingerprint density at radius 2 is 2.44 bits per heavy atom. The fourth-order valence-electron chi connectivity index (χ4n) is 0.447. The highest BCUT2D eigenvalue weighted by atomic mass is 16.3. The van der Waals surface area contributed by atoms with Crippen molar-refractivity contribution in [1.82, 2.24) is 0 Å². The number of hydrogen-bond donors (Lipinski definition) is 1. The van der Waals surface area contributed by atoms with Gasteiger partial charge in [-0.25, -0.2) is 0 Å². The summed E-state index contributed by atoms with van der Waals surface area (Å²) in [5.41, 5.74) is 0. The van der Waals surface area contributed by atoms with E-state index in [0.717, 1.165) is 12.8 Å². The van der Waals surface area contributed by atoms with Crippen molar-refractivity contribution in [2.75, 3.05) is 0 Å². The Morgan fingerprint density at radius 3 is 2.89 bits per heavy atom. The van der Waals surface area contributed by atoms with Gasteiger partial charge in [-0.15, -0.1) is 6.42 Å². The standard InChI is InChI=1S/C8H12O/c1-3-5-6-7-8(9)4-2/h2,6-9H,3,5H2,1H3/b7-6+. The lowest BCUT2D eigenvalue weighted by Crippen LogP contribution is -1.94. The summed E-state index contributed by atoms with van der Waals surface area (Å²) in [4.78, 5) is 0. The van der Waals surface area contributed by atoms with Crippen LogP contribution in [0.15, 0.2) is 12.2 Å². The first-order chi connectivity index (χ1) is 4.31. The van der Waals surface area contributed by atoms with E-state index in [-0.39, 0.29) is 0 Å². The average Bonchev–Trinajstić information content (AvgIpc) is 1.89. The van der Waals surface area contributed by atoms with Crippen LogP contribution in [0.2, 0.25) is 0 Å². The summed E-state index contributed by atoms with van der Waals surface area (Å²) < 4.78 is 0. The maximum absolute atomic E-state index is 8.76. The monoisotopic (exact) mass is 124 g/mol. The molecule has 1 N–H and O–H groups in total. The van der Waals surface area contributed by atoms with Gasteiger partial charge in [0.2, 0.25) is 0 Å². The third kappa shape index (κ3) is 5.13. The molecule has 1 nitrogen and oxygen atoms in total. The molecule has 0 bridgehead atoms. The largest absolute Gasteiger partial charge is 0.377 e. The van der Waals surface area contributed by atoms with Crippen molar-refractivity contribution in [3.63, 3.8) is 0 Å². The molecular weight excluding hydrogens is 112 g/mol. The molecule has 0 aliphatic carbocycles. The van der Waals surface area contributed by atoms with E-state index in [9.17, 15) is 0 Å². The second-order valence-electron chi connectivity index (χ2n) is 1.83. The minimum atomic E-state index is -0.698. The number of aliphatic hydroxyl groups excluding tert-OH is 1. The van der Waals surface area contributed by atoms with Gasteiger partial charge in [0, 0.05) is 0 Å². The molecule has 0 amide bonds. The Morgan fingerprint density at radius 1 is 1.78 bits per heavy atom. The highest BCUT2D eigenvalue weighted by molar-refractivity contribution is 5.05. The van der Waals surface area contributed by atoms with E-state index in [1.54, 1.807) is 6.08 Å². The highest BCUT2D eigenvalue weighted by Crippen LogP contribution is 1.90. The maximum atomic E-state index is 8.76. The summed E-state index contributed by atoms with van der Waals surface area (Å²) in [6.07, 6.45) is 9.80. The van der Waals surface area contributed by atoms with Gasteiger partial charge < -0.3 is 5.11 Å². The maximum Gasteiger partial charge on any atom is 0.133 e. The lowest BCUT2D eigenvalue weighted by Gasteiger charge is -1.90. The summed E-state index contributed by atoms with van der Waals surface area (Å²) in [5, 5.41) is 8.76. The molecule has 0 saturated heterocycles. The van der Waals surface area contributed by atoms with Crippen LogP contribution in [0.3, 0.4) is 0 Å². The fourth-order valence-corrected chi connectivity index (χ4v) is 0.447. The van der Waals surface area contributed by atoms with Gasteiger partial charge in [0.25, 0.3) is 0 Å². The van der Waals surface area contributed by atoms with Crippen LogP contribution in [0.4, 0.5) is 0 Å². The van der Waals surface area contributed by atoms with E-state index in [4.69, 9.17) is 11.5 Å². The number of allylic oxidation sites excluding steroid dienone is 1. The predicted molar refractivity (Wildman–Crippen MR) is 38.9 cm³/mol. The quantitative estimate of drug-likeness (QED) is 0.444. The lowest BCUT2D eigenvalue weighted by atomic mass is 10.2. The van der Waals surface area contributed by atoms with Crippen LogP contribution < -0.4 is 0 Å². The van der Waals surface area contributed by atoms with Crippen molar-refractivity contribution >= 4 is 0 Å². The molecule has 0 aromatic heterocycles. The van der Waals surface area contributed by atoms with Crippen molar-refractivity contribution < 1.29 is 5.11 Å². The molecule has 0 saturated carbocycles. The second kappa shape index (κ2) is 5.40. The molecule has 0 aliphatic heterocycles. The van der Waals surface area contributed by atoms with Crippen molar-refractivity contribution in [2.45, 2.75) is 25.9 Å². The zero-order valence-electron chi connectivity index (χ0n) is 5.67. The Labute approximate surface area is 56.4 Å². The van der Waals surface area contributed by atoms with Crippen LogP contribution in [0.1, 0.15) is 19.8 Å². The van der Waals surface area contributed by atoms with E-state index in [2.05, 4.69) is 12.8 Å². The smallest absolute Gasteiger partial charge is 0.133 e. The van der Waals surface area contributed by atoms with Crippen molar-refractivity contribution in [3.8, 4) is 12.3 Å². The van der Waals surface area contributed by atoms with Crippen LogP contribution in [-0.4, -0.2) is 11.2 Å². The summed E-state index contributed by atoms with van der Waals surface area (Å²) in [6.45, 7) is 2.08. The van der Waals surface area contributed by atoms with E-state index in [1.807, 2.05) is 6.08 Å². The van der Waals surface area contributed by atoms with Gasteiger partial charge in [-0.3, -0.25) is 0 Å². The summed E-state index contributed by atoms with van der Waals surface area (Å²) >= 11 is 0. The number of aliphatic hydroxyl groups is 1. The molecule has 0 fully saturated rings. The Hall–Kier alpha value is -0.740. The highest BCUT2D eigenvalue weighted by Gasteiger charge is 1.85. The number of rotatable bonds is 3. The number of unbranched alkanes of at least 4 members (excludes halogenated alkanes) is 1. The third-order valence-electron chi connectivity index (χ3n) is 0.944. The first kappa shape index (κ1) is 8.26. The number of hydrogen-bond acceptors (Lipinski definition) is 1. The first-order valence-electron chi connectivity index (χ1n) is 3.12. The van der Waals surface area contributed by atoms with Crippen LogP contribution in [0, 0.1) is 12.3 Å². The minimum absolute atomic E-state index is 0.698. The SMILES string of the molecule is C#CC(O)/C=C/CCC. The minimum Gasteiger partial charge on any atom is -0.377 e. The number of terminal acetylenes is 1. The average molecular weight is 124 g/mol. The molecule has 0 rings (SSSR count). The van der Waals surface area contributed by atoms with Crippen molar-refractivity contribution in [1.29, 1.82) is 0 Å². The molecule has 9 heavy (non-hydrogen) atoms. The van der Waals surface area contributed by atoms with Gasteiger partial charge in [0.1, 0.15) is 6.10 Å². The van der Waals surface area contributed by atoms with Gasteiger partial charge >= 0.3 is 0 Å². The molecule has 0 heterocycles. The molecule has 0 aromatic rings. The van der Waals surface area contributed by atoms with E-state index in [0.29, 0.717) is 0 Å². The van der Waals surface area contributed by atoms with Crippen LogP contribution >= 0.6 is 0 Å². The predicted octanol–water partition coefficient (Wildman–Crippen LogP) is 1.34. The third-order valence-corrected chi connectivity index (χ3v) is 0.944. The summed E-state index contributed by atoms with van der Waals surface area (Å²) in [5.74, 6) is 2.19. The fraction of sp³-hybridized carbons (Fsp3) is 0.500. The van der Waals surface area contributed by atoms with Gasteiger partial charge in [-0.05, 0) is 12.5 Å². The Bertz CT molecular complexity index is 119. The van der Waals surface area contributed by atoms with Crippen LogP contribution in [0.5, 0.6) is 0 Å². The van der Waals surface area contributed by atoms with Gasteiger partial charge in [0.15, 0.2) is 0 Å². The molecule has 50 valence electrons. The lowest BCUT2D eigenvalue weighted by molar-refractivity contribution is 0.280. The first-order valence-corrected chi connectivity index (χ1v) is 3.12.